The van der Waals surface area contributed by atoms with Gasteiger partial charge in [0.1, 0.15) is 5.15 Å². The van der Waals surface area contributed by atoms with Gasteiger partial charge in [-0.1, -0.05) is 17.7 Å². The molecule has 1 aromatic rings. The zero-order valence-corrected chi connectivity index (χ0v) is 11.6. The van der Waals surface area contributed by atoms with E-state index in [1.165, 1.54) is 4.90 Å². The fraction of sp³-hybridized carbons (Fsp3) is 0.538. The van der Waals surface area contributed by atoms with E-state index in [9.17, 15) is 4.79 Å². The lowest BCUT2D eigenvalue weighted by atomic mass is 10.1. The number of carbonyl (C=O) groups is 1. The summed E-state index contributed by atoms with van der Waals surface area (Å²) in [6.07, 6.45) is 2.83. The smallest absolute Gasteiger partial charge is 0.407 e. The average Bonchev–Trinajstić information content (AvgIpc) is 3.11. The summed E-state index contributed by atoms with van der Waals surface area (Å²) in [5.41, 5.74) is 0.972. The third kappa shape index (κ3) is 4.08. The molecule has 1 fully saturated rings. The number of rotatable bonds is 6. The minimum absolute atomic E-state index is 0.00694. The molecule has 0 aliphatic heterocycles. The van der Waals surface area contributed by atoms with Crippen molar-refractivity contribution < 1.29 is 14.6 Å². The van der Waals surface area contributed by atoms with Crippen molar-refractivity contribution in [3.8, 4) is 0 Å². The van der Waals surface area contributed by atoms with Gasteiger partial charge in [0, 0.05) is 25.2 Å². The Balaban J connectivity index is 1.76. The molecule has 0 aromatic carbocycles. The van der Waals surface area contributed by atoms with Gasteiger partial charge in [-0.05, 0) is 24.5 Å². The van der Waals surface area contributed by atoms with Gasteiger partial charge in [0.2, 0.25) is 0 Å². The van der Waals surface area contributed by atoms with E-state index < -0.39 is 6.09 Å². The first-order valence-electron chi connectivity index (χ1n) is 6.13. The summed E-state index contributed by atoms with van der Waals surface area (Å²) in [7, 11) is 1.59. The molecule has 1 amide bonds. The largest absolute Gasteiger partial charge is 0.465 e. The first-order chi connectivity index (χ1) is 9.01. The Kier molecular flexibility index (Phi) is 4.27. The number of amides is 1. The van der Waals surface area contributed by atoms with E-state index in [-0.39, 0.29) is 5.41 Å². The van der Waals surface area contributed by atoms with Crippen molar-refractivity contribution in [1.82, 2.24) is 9.88 Å². The van der Waals surface area contributed by atoms with Crippen LogP contribution in [-0.4, -0.2) is 41.3 Å². The van der Waals surface area contributed by atoms with Crippen LogP contribution in [0.4, 0.5) is 4.79 Å². The monoisotopic (exact) mass is 284 g/mol. The van der Waals surface area contributed by atoms with E-state index in [4.69, 9.17) is 21.4 Å². The minimum Gasteiger partial charge on any atom is -0.465 e. The van der Waals surface area contributed by atoms with Gasteiger partial charge in [-0.25, -0.2) is 9.78 Å². The number of nitrogens with zero attached hydrogens (tertiary/aromatic N) is 2. The summed E-state index contributed by atoms with van der Waals surface area (Å²) in [6, 6.07) is 3.60. The molecule has 1 aromatic heterocycles. The fourth-order valence-corrected chi connectivity index (χ4v) is 2.08. The molecule has 0 atom stereocenters. The van der Waals surface area contributed by atoms with Gasteiger partial charge < -0.3 is 14.7 Å². The van der Waals surface area contributed by atoms with E-state index in [0.717, 1.165) is 18.4 Å². The molecule has 0 radical (unpaired) electrons. The molecule has 0 unspecified atom stereocenters. The standard InChI is InChI=1S/C13H17ClN2O3/c1-16(12(17)18)8-13(4-5-13)9-19-7-10-2-3-11(14)15-6-10/h2-3,6H,4-5,7-9H2,1H3,(H,17,18). The van der Waals surface area contributed by atoms with Crippen LogP contribution >= 0.6 is 11.6 Å². The molecule has 2 rings (SSSR count). The van der Waals surface area contributed by atoms with Crippen molar-refractivity contribution in [3.63, 3.8) is 0 Å². The Morgan fingerprint density at radius 1 is 1.58 bits per heavy atom. The molecule has 1 heterocycles. The predicted molar refractivity (Wildman–Crippen MR) is 71.2 cm³/mol. The highest BCUT2D eigenvalue weighted by molar-refractivity contribution is 6.29. The molecule has 1 aliphatic rings. The van der Waals surface area contributed by atoms with Gasteiger partial charge in [0.15, 0.2) is 0 Å². The number of aromatic nitrogens is 1. The number of hydrogen-bond acceptors (Lipinski definition) is 3. The number of halogens is 1. The third-order valence-corrected chi connectivity index (χ3v) is 3.55. The van der Waals surface area contributed by atoms with Gasteiger partial charge >= 0.3 is 6.09 Å². The second kappa shape index (κ2) is 5.75. The van der Waals surface area contributed by atoms with Crippen LogP contribution < -0.4 is 0 Å². The second-order valence-corrected chi connectivity index (χ2v) is 5.51. The quantitative estimate of drug-likeness (QED) is 0.816. The van der Waals surface area contributed by atoms with Crippen molar-refractivity contribution in [1.29, 1.82) is 0 Å². The molecule has 1 saturated carbocycles. The summed E-state index contributed by atoms with van der Waals surface area (Å²) < 4.78 is 5.66. The molecule has 1 aliphatic carbocycles. The molecular formula is C13H17ClN2O3. The van der Waals surface area contributed by atoms with Gasteiger partial charge in [-0.2, -0.15) is 0 Å². The maximum atomic E-state index is 10.8. The molecule has 1 N–H and O–H groups in total. The summed E-state index contributed by atoms with van der Waals surface area (Å²) >= 11 is 5.70. The zero-order chi connectivity index (χ0) is 13.9. The SMILES string of the molecule is CN(CC1(COCc2ccc(Cl)nc2)CC1)C(=O)O. The van der Waals surface area contributed by atoms with Crippen LogP contribution in [0.2, 0.25) is 5.15 Å². The highest BCUT2D eigenvalue weighted by atomic mass is 35.5. The molecule has 0 spiro atoms. The van der Waals surface area contributed by atoms with Crippen LogP contribution in [0.3, 0.4) is 0 Å². The van der Waals surface area contributed by atoms with E-state index in [1.54, 1.807) is 19.3 Å². The first-order valence-corrected chi connectivity index (χ1v) is 6.51. The number of hydrogen-bond donors (Lipinski definition) is 1. The lowest BCUT2D eigenvalue weighted by Crippen LogP contribution is -2.33. The highest BCUT2D eigenvalue weighted by Crippen LogP contribution is 2.46. The molecule has 5 nitrogen and oxygen atoms in total. The lowest BCUT2D eigenvalue weighted by Gasteiger charge is -2.21. The van der Waals surface area contributed by atoms with Crippen LogP contribution in [0.1, 0.15) is 18.4 Å². The Labute approximate surface area is 117 Å². The van der Waals surface area contributed by atoms with Crippen molar-refractivity contribution in [2.75, 3.05) is 20.2 Å². The Morgan fingerprint density at radius 3 is 2.84 bits per heavy atom. The summed E-state index contributed by atoms with van der Waals surface area (Å²) in [5.74, 6) is 0. The van der Waals surface area contributed by atoms with Crippen molar-refractivity contribution in [2.24, 2.45) is 5.41 Å². The number of pyridine rings is 1. The summed E-state index contributed by atoms with van der Waals surface area (Å²) in [5, 5.41) is 9.33. The van der Waals surface area contributed by atoms with Crippen LogP contribution in [0, 0.1) is 5.41 Å². The molecule has 6 heteroatoms. The average molecular weight is 285 g/mol. The Morgan fingerprint density at radius 2 is 2.32 bits per heavy atom. The summed E-state index contributed by atoms with van der Waals surface area (Å²) in [6.45, 7) is 1.58. The summed E-state index contributed by atoms with van der Waals surface area (Å²) in [4.78, 5) is 16.1. The lowest BCUT2D eigenvalue weighted by molar-refractivity contribution is 0.0632. The van der Waals surface area contributed by atoms with E-state index in [0.29, 0.717) is 24.9 Å². The molecule has 0 saturated heterocycles. The molecule has 104 valence electrons. The first kappa shape index (κ1) is 14.1. The number of carboxylic acid groups (broad SMARTS) is 1. The van der Waals surface area contributed by atoms with E-state index in [1.807, 2.05) is 6.07 Å². The van der Waals surface area contributed by atoms with E-state index >= 15 is 0 Å². The fourth-order valence-electron chi connectivity index (χ4n) is 1.97. The topological polar surface area (TPSA) is 62.7 Å². The molecular weight excluding hydrogens is 268 g/mol. The normalized spacial score (nSPS) is 16.1. The maximum Gasteiger partial charge on any atom is 0.407 e. The van der Waals surface area contributed by atoms with Crippen molar-refractivity contribution in [3.05, 3.63) is 29.0 Å². The Bertz CT molecular complexity index is 446. The van der Waals surface area contributed by atoms with Gasteiger partial charge in [-0.15, -0.1) is 0 Å². The van der Waals surface area contributed by atoms with Crippen molar-refractivity contribution >= 4 is 17.7 Å². The number of ether oxygens (including phenoxy) is 1. The van der Waals surface area contributed by atoms with Gasteiger partial charge in [0.05, 0.1) is 13.2 Å². The second-order valence-electron chi connectivity index (χ2n) is 5.12. The molecule has 19 heavy (non-hydrogen) atoms. The van der Waals surface area contributed by atoms with Crippen LogP contribution in [-0.2, 0) is 11.3 Å². The maximum absolute atomic E-state index is 10.8. The van der Waals surface area contributed by atoms with Gasteiger partial charge in [0.25, 0.3) is 0 Å². The Hall–Kier alpha value is -1.33. The third-order valence-electron chi connectivity index (χ3n) is 3.32. The zero-order valence-electron chi connectivity index (χ0n) is 10.8. The van der Waals surface area contributed by atoms with Crippen LogP contribution in [0.25, 0.3) is 0 Å². The van der Waals surface area contributed by atoms with Crippen LogP contribution in [0.15, 0.2) is 18.3 Å². The van der Waals surface area contributed by atoms with E-state index in [2.05, 4.69) is 4.98 Å². The van der Waals surface area contributed by atoms with Crippen molar-refractivity contribution in [2.45, 2.75) is 19.4 Å². The highest BCUT2D eigenvalue weighted by Gasteiger charge is 2.44. The predicted octanol–water partition coefficient (Wildman–Crippen LogP) is 2.64. The molecule has 0 bridgehead atoms. The van der Waals surface area contributed by atoms with Gasteiger partial charge in [-0.3, -0.25) is 0 Å². The van der Waals surface area contributed by atoms with Crippen LogP contribution in [0.5, 0.6) is 0 Å². The minimum atomic E-state index is -0.895.